The van der Waals surface area contributed by atoms with Gasteiger partial charge in [-0.25, -0.2) is 0 Å². The molecule has 0 aromatic heterocycles. The maximum atomic E-state index is 12.0. The molecule has 0 aromatic carbocycles. The highest BCUT2D eigenvalue weighted by Gasteiger charge is 2.29. The third-order valence-electron chi connectivity index (χ3n) is 3.65. The van der Waals surface area contributed by atoms with Gasteiger partial charge in [0, 0.05) is 13.1 Å². The Kier molecular flexibility index (Phi) is 4.14. The minimum absolute atomic E-state index is 0.128. The molecule has 0 spiro atoms. The van der Waals surface area contributed by atoms with Gasteiger partial charge in [0.2, 0.25) is 5.91 Å². The lowest BCUT2D eigenvalue weighted by molar-refractivity contribution is -0.135. The number of hydrogen-bond acceptors (Lipinski definition) is 2. The third-order valence-corrected chi connectivity index (χ3v) is 3.65. The average molecular weight is 212 g/mol. The van der Waals surface area contributed by atoms with Crippen LogP contribution in [0.4, 0.5) is 0 Å². The predicted octanol–water partition coefficient (Wildman–Crippen LogP) is 1.47. The zero-order valence-corrected chi connectivity index (χ0v) is 10.4. The molecule has 2 unspecified atom stereocenters. The van der Waals surface area contributed by atoms with Crippen molar-refractivity contribution in [3.05, 3.63) is 0 Å². The minimum Gasteiger partial charge on any atom is -0.341 e. The minimum atomic E-state index is -0.328. The predicted molar refractivity (Wildman–Crippen MR) is 62.3 cm³/mol. The molecule has 15 heavy (non-hydrogen) atoms. The SMILES string of the molecule is CC1CCN(C(=O)[C@H](N)C(C)C)CC1C. The molecule has 1 aliphatic heterocycles. The summed E-state index contributed by atoms with van der Waals surface area (Å²) < 4.78 is 0. The number of nitrogens with two attached hydrogens (primary N) is 1. The molecule has 3 nitrogen and oxygen atoms in total. The molecule has 0 saturated carbocycles. The van der Waals surface area contributed by atoms with Gasteiger partial charge in [-0.2, -0.15) is 0 Å². The number of rotatable bonds is 2. The normalized spacial score (nSPS) is 29.3. The Labute approximate surface area is 93.0 Å². The number of carbonyl (C=O) groups is 1. The summed E-state index contributed by atoms with van der Waals surface area (Å²) in [6, 6.07) is -0.328. The van der Waals surface area contributed by atoms with E-state index in [9.17, 15) is 4.79 Å². The van der Waals surface area contributed by atoms with Gasteiger partial charge in [-0.3, -0.25) is 4.79 Å². The van der Waals surface area contributed by atoms with Gasteiger partial charge in [-0.05, 0) is 24.2 Å². The first-order chi connectivity index (χ1) is 6.93. The van der Waals surface area contributed by atoms with Crippen molar-refractivity contribution in [1.82, 2.24) is 4.90 Å². The Morgan fingerprint density at radius 1 is 1.33 bits per heavy atom. The van der Waals surface area contributed by atoms with E-state index < -0.39 is 0 Å². The van der Waals surface area contributed by atoms with E-state index in [0.717, 1.165) is 25.4 Å². The number of likely N-dealkylation sites (tertiary alicyclic amines) is 1. The maximum Gasteiger partial charge on any atom is 0.239 e. The van der Waals surface area contributed by atoms with Crippen LogP contribution in [0.5, 0.6) is 0 Å². The molecule has 0 aliphatic carbocycles. The summed E-state index contributed by atoms with van der Waals surface area (Å²) in [6.07, 6.45) is 1.11. The van der Waals surface area contributed by atoms with Crippen LogP contribution in [0.3, 0.4) is 0 Å². The second kappa shape index (κ2) is 4.97. The van der Waals surface area contributed by atoms with E-state index >= 15 is 0 Å². The first-order valence-corrected chi connectivity index (χ1v) is 5.97. The number of carbonyl (C=O) groups excluding carboxylic acids is 1. The van der Waals surface area contributed by atoms with Crippen molar-refractivity contribution in [2.45, 2.75) is 40.2 Å². The van der Waals surface area contributed by atoms with Crippen LogP contribution in [0.1, 0.15) is 34.1 Å². The summed E-state index contributed by atoms with van der Waals surface area (Å²) >= 11 is 0. The standard InChI is InChI=1S/C12H24N2O/c1-8(2)11(13)12(15)14-6-5-9(3)10(4)7-14/h8-11H,5-7,13H2,1-4H3/t9?,10?,11-/m1/s1. The van der Waals surface area contributed by atoms with Gasteiger partial charge in [0.25, 0.3) is 0 Å². The molecule has 1 amide bonds. The Balaban J connectivity index is 2.54. The highest BCUT2D eigenvalue weighted by atomic mass is 16.2. The number of nitrogens with zero attached hydrogens (tertiary/aromatic N) is 1. The van der Waals surface area contributed by atoms with Crippen LogP contribution in [0.15, 0.2) is 0 Å². The fourth-order valence-corrected chi connectivity index (χ4v) is 1.96. The van der Waals surface area contributed by atoms with Gasteiger partial charge in [0.05, 0.1) is 6.04 Å². The summed E-state index contributed by atoms with van der Waals surface area (Å²) in [5, 5.41) is 0. The van der Waals surface area contributed by atoms with Gasteiger partial charge in [-0.1, -0.05) is 27.7 Å². The molecular weight excluding hydrogens is 188 g/mol. The van der Waals surface area contributed by atoms with E-state index in [0.29, 0.717) is 5.92 Å². The van der Waals surface area contributed by atoms with E-state index in [1.165, 1.54) is 0 Å². The van der Waals surface area contributed by atoms with E-state index in [4.69, 9.17) is 5.73 Å². The van der Waals surface area contributed by atoms with E-state index in [1.807, 2.05) is 18.7 Å². The lowest BCUT2D eigenvalue weighted by Gasteiger charge is -2.37. The summed E-state index contributed by atoms with van der Waals surface area (Å²) in [4.78, 5) is 13.9. The van der Waals surface area contributed by atoms with Crippen LogP contribution >= 0.6 is 0 Å². The van der Waals surface area contributed by atoms with Crippen LogP contribution in [0, 0.1) is 17.8 Å². The van der Waals surface area contributed by atoms with Crippen molar-refractivity contribution in [2.75, 3.05) is 13.1 Å². The van der Waals surface area contributed by atoms with Crippen LogP contribution < -0.4 is 5.73 Å². The lowest BCUT2D eigenvalue weighted by atomic mass is 9.88. The molecule has 0 radical (unpaired) electrons. The topological polar surface area (TPSA) is 46.3 Å². The Bertz CT molecular complexity index is 228. The summed E-state index contributed by atoms with van der Waals surface area (Å²) in [6.45, 7) is 10.2. The number of piperidine rings is 1. The van der Waals surface area contributed by atoms with Gasteiger partial charge in [-0.15, -0.1) is 0 Å². The van der Waals surface area contributed by atoms with Gasteiger partial charge in [0.15, 0.2) is 0 Å². The van der Waals surface area contributed by atoms with Crippen molar-refractivity contribution in [2.24, 2.45) is 23.5 Å². The molecule has 3 heteroatoms. The van der Waals surface area contributed by atoms with Gasteiger partial charge >= 0.3 is 0 Å². The quantitative estimate of drug-likeness (QED) is 0.753. The van der Waals surface area contributed by atoms with Crippen molar-refractivity contribution in [1.29, 1.82) is 0 Å². The Hall–Kier alpha value is -0.570. The number of amides is 1. The van der Waals surface area contributed by atoms with E-state index in [-0.39, 0.29) is 17.9 Å². The smallest absolute Gasteiger partial charge is 0.239 e. The van der Waals surface area contributed by atoms with Crippen molar-refractivity contribution < 1.29 is 4.79 Å². The van der Waals surface area contributed by atoms with Crippen molar-refractivity contribution in [3.8, 4) is 0 Å². The molecular formula is C12H24N2O. The molecule has 0 bridgehead atoms. The van der Waals surface area contributed by atoms with E-state index in [1.54, 1.807) is 0 Å². The Morgan fingerprint density at radius 2 is 1.93 bits per heavy atom. The van der Waals surface area contributed by atoms with Crippen LogP contribution in [-0.4, -0.2) is 29.9 Å². The molecule has 1 aliphatic rings. The fraction of sp³-hybridized carbons (Fsp3) is 0.917. The van der Waals surface area contributed by atoms with Crippen LogP contribution in [0.25, 0.3) is 0 Å². The molecule has 3 atom stereocenters. The highest BCUT2D eigenvalue weighted by molar-refractivity contribution is 5.82. The second-order valence-electron chi connectivity index (χ2n) is 5.30. The molecule has 1 heterocycles. The molecule has 1 saturated heterocycles. The second-order valence-corrected chi connectivity index (χ2v) is 5.30. The highest BCUT2D eigenvalue weighted by Crippen LogP contribution is 2.23. The fourth-order valence-electron chi connectivity index (χ4n) is 1.96. The van der Waals surface area contributed by atoms with Crippen molar-refractivity contribution >= 4 is 5.91 Å². The molecule has 0 aromatic rings. The molecule has 1 rings (SSSR count). The first kappa shape index (κ1) is 12.5. The molecule has 1 fully saturated rings. The average Bonchev–Trinajstić information content (AvgIpc) is 2.19. The monoisotopic (exact) mass is 212 g/mol. The number of hydrogen-bond donors (Lipinski definition) is 1. The van der Waals surface area contributed by atoms with E-state index in [2.05, 4.69) is 13.8 Å². The summed E-state index contributed by atoms with van der Waals surface area (Å²) in [5.41, 5.74) is 5.88. The first-order valence-electron chi connectivity index (χ1n) is 5.97. The zero-order chi connectivity index (χ0) is 11.6. The van der Waals surface area contributed by atoms with Crippen LogP contribution in [0.2, 0.25) is 0 Å². The third kappa shape index (κ3) is 2.94. The maximum absolute atomic E-state index is 12.0. The summed E-state index contributed by atoms with van der Waals surface area (Å²) in [5.74, 6) is 1.68. The van der Waals surface area contributed by atoms with Crippen molar-refractivity contribution in [3.63, 3.8) is 0 Å². The molecule has 88 valence electrons. The largest absolute Gasteiger partial charge is 0.341 e. The molecule has 2 N–H and O–H groups in total. The lowest BCUT2D eigenvalue weighted by Crippen LogP contribution is -2.50. The Morgan fingerprint density at radius 3 is 2.40 bits per heavy atom. The van der Waals surface area contributed by atoms with Gasteiger partial charge in [0.1, 0.15) is 0 Å². The van der Waals surface area contributed by atoms with Gasteiger partial charge < -0.3 is 10.6 Å². The summed E-state index contributed by atoms with van der Waals surface area (Å²) in [7, 11) is 0. The van der Waals surface area contributed by atoms with Crippen LogP contribution in [-0.2, 0) is 4.79 Å². The zero-order valence-electron chi connectivity index (χ0n) is 10.4.